The Bertz CT molecular complexity index is 1720. The predicted octanol–water partition coefficient (Wildman–Crippen LogP) is 5.77. The monoisotopic (exact) mass is 600 g/mol. The smallest absolute Gasteiger partial charge is 0.287 e. The molecule has 0 fully saturated rings. The maximum absolute atomic E-state index is 13.7. The van der Waals surface area contributed by atoms with Crippen LogP contribution in [0.2, 0.25) is 0 Å². The Hall–Kier alpha value is -4.55. The van der Waals surface area contributed by atoms with Crippen LogP contribution in [0.25, 0.3) is 5.69 Å². The fourth-order valence-electron chi connectivity index (χ4n) is 4.58. The topological polar surface area (TPSA) is 106 Å². The number of rotatable bonds is 9. The summed E-state index contributed by atoms with van der Waals surface area (Å²) in [5, 5.41) is 20.1. The van der Waals surface area contributed by atoms with Crippen LogP contribution in [0.15, 0.2) is 99.1 Å². The molecule has 2 amide bonds. The molecule has 4 heterocycles. The van der Waals surface area contributed by atoms with Crippen LogP contribution in [0, 0.1) is 12.7 Å². The van der Waals surface area contributed by atoms with Gasteiger partial charge in [-0.3, -0.25) is 14.2 Å². The first-order chi connectivity index (χ1) is 20.5. The summed E-state index contributed by atoms with van der Waals surface area (Å²) in [5.74, 6) is -0.360. The highest BCUT2D eigenvalue weighted by atomic mass is 32.2. The van der Waals surface area contributed by atoms with Gasteiger partial charge < -0.3 is 9.73 Å². The van der Waals surface area contributed by atoms with Gasteiger partial charge in [0.2, 0.25) is 0 Å². The average molecular weight is 601 g/mol. The molecule has 5 aromatic rings. The van der Waals surface area contributed by atoms with Crippen LogP contribution in [0.4, 0.5) is 4.39 Å². The van der Waals surface area contributed by atoms with Gasteiger partial charge in [-0.1, -0.05) is 47.7 Å². The van der Waals surface area contributed by atoms with Crippen molar-refractivity contribution < 1.29 is 18.4 Å². The van der Waals surface area contributed by atoms with Crippen molar-refractivity contribution in [1.29, 1.82) is 0 Å². The number of nitrogens with zero attached hydrogens (tertiary/aromatic N) is 5. The van der Waals surface area contributed by atoms with Gasteiger partial charge in [0.05, 0.1) is 35.2 Å². The quantitative estimate of drug-likeness (QED) is 0.216. The molecule has 0 saturated heterocycles. The Kier molecular flexibility index (Phi) is 7.97. The highest BCUT2D eigenvalue weighted by Gasteiger charge is 2.33. The fourth-order valence-corrected chi connectivity index (χ4v) is 6.13. The summed E-state index contributed by atoms with van der Waals surface area (Å²) in [6.45, 7) is 2.06. The van der Waals surface area contributed by atoms with Crippen molar-refractivity contribution >= 4 is 40.6 Å². The molecule has 12 heteroatoms. The van der Waals surface area contributed by atoms with Crippen molar-refractivity contribution in [2.75, 3.05) is 5.75 Å². The lowest BCUT2D eigenvalue weighted by atomic mass is 10.00. The molecule has 0 unspecified atom stereocenters. The molecule has 0 spiro atoms. The van der Waals surface area contributed by atoms with Crippen LogP contribution >= 0.6 is 23.1 Å². The number of hydrogen-bond donors (Lipinski definition) is 1. The van der Waals surface area contributed by atoms with Crippen LogP contribution in [-0.4, -0.2) is 43.1 Å². The van der Waals surface area contributed by atoms with Gasteiger partial charge in [-0.15, -0.1) is 21.5 Å². The number of aromatic nitrogens is 3. The minimum Gasteiger partial charge on any atom is -0.459 e. The van der Waals surface area contributed by atoms with E-state index in [4.69, 9.17) is 9.52 Å². The third-order valence-corrected chi connectivity index (χ3v) is 8.53. The molecule has 0 radical (unpaired) electrons. The maximum Gasteiger partial charge on any atom is 0.287 e. The highest BCUT2D eigenvalue weighted by Crippen LogP contribution is 2.35. The first kappa shape index (κ1) is 27.6. The van der Waals surface area contributed by atoms with E-state index in [2.05, 4.69) is 15.5 Å². The van der Waals surface area contributed by atoms with Gasteiger partial charge in [-0.2, -0.15) is 5.10 Å². The number of nitrogens with one attached hydrogen (secondary N) is 1. The molecule has 0 saturated carbocycles. The molecule has 1 atom stereocenters. The first-order valence-electron chi connectivity index (χ1n) is 13.1. The molecule has 1 N–H and O–H groups in total. The summed E-state index contributed by atoms with van der Waals surface area (Å²) in [7, 11) is 0. The molecule has 3 aromatic heterocycles. The second kappa shape index (κ2) is 12.1. The average Bonchev–Trinajstić information content (AvgIpc) is 3.82. The summed E-state index contributed by atoms with van der Waals surface area (Å²) in [6, 6.07) is 20.9. The molecule has 0 bridgehead atoms. The van der Waals surface area contributed by atoms with Gasteiger partial charge in [-0.05, 0) is 60.3 Å². The Morgan fingerprint density at radius 3 is 2.60 bits per heavy atom. The third kappa shape index (κ3) is 5.90. The molecule has 1 aliphatic heterocycles. The number of carbonyl (C=O) groups is 2. The Labute approximate surface area is 249 Å². The molecule has 0 aliphatic carbocycles. The van der Waals surface area contributed by atoms with E-state index in [1.807, 2.05) is 48.7 Å². The summed E-state index contributed by atoms with van der Waals surface area (Å²) in [4.78, 5) is 27.1. The van der Waals surface area contributed by atoms with Gasteiger partial charge >= 0.3 is 0 Å². The van der Waals surface area contributed by atoms with E-state index in [1.54, 1.807) is 45.2 Å². The second-order valence-corrected chi connectivity index (χ2v) is 11.4. The largest absolute Gasteiger partial charge is 0.459 e. The number of halogens is 1. The number of benzene rings is 2. The van der Waals surface area contributed by atoms with E-state index in [1.165, 1.54) is 30.2 Å². The number of furan rings is 1. The highest BCUT2D eigenvalue weighted by molar-refractivity contribution is 7.99. The predicted molar refractivity (Wildman–Crippen MR) is 158 cm³/mol. The minimum atomic E-state index is -0.409. The number of amides is 2. The van der Waals surface area contributed by atoms with Crippen molar-refractivity contribution in [1.82, 2.24) is 25.1 Å². The van der Waals surface area contributed by atoms with E-state index < -0.39 is 5.91 Å². The van der Waals surface area contributed by atoms with E-state index in [9.17, 15) is 14.0 Å². The lowest BCUT2D eigenvalue weighted by Crippen LogP contribution is -2.28. The van der Waals surface area contributed by atoms with Crippen LogP contribution in [0.5, 0.6) is 0 Å². The zero-order valence-corrected chi connectivity index (χ0v) is 24.1. The molecule has 9 nitrogen and oxygen atoms in total. The SMILES string of the molecule is Cc1ccc([C@H]2CC(c3cccs3)=NN2C(=O)CSc2nnc(CNC(=O)c3ccco3)n2-c2ccc(F)cc2)cc1. The molecule has 42 heavy (non-hydrogen) atoms. The summed E-state index contributed by atoms with van der Waals surface area (Å²) in [6.07, 6.45) is 2.03. The van der Waals surface area contributed by atoms with E-state index in [0.717, 1.165) is 21.7 Å². The number of aryl methyl sites for hydroxylation is 1. The zero-order valence-electron chi connectivity index (χ0n) is 22.4. The van der Waals surface area contributed by atoms with Crippen LogP contribution < -0.4 is 5.32 Å². The molecule has 212 valence electrons. The van der Waals surface area contributed by atoms with Gasteiger partial charge in [0, 0.05) is 12.1 Å². The number of carbonyl (C=O) groups excluding carboxylic acids is 2. The van der Waals surface area contributed by atoms with Crippen LogP contribution in [0.1, 0.15) is 44.8 Å². The lowest BCUT2D eigenvalue weighted by Gasteiger charge is -2.22. The third-order valence-electron chi connectivity index (χ3n) is 6.70. The lowest BCUT2D eigenvalue weighted by molar-refractivity contribution is -0.130. The van der Waals surface area contributed by atoms with Gasteiger partial charge in [-0.25, -0.2) is 9.40 Å². The van der Waals surface area contributed by atoms with Crippen molar-refractivity contribution in [3.8, 4) is 5.69 Å². The number of hydrogen-bond acceptors (Lipinski definition) is 8. The van der Waals surface area contributed by atoms with Crippen molar-refractivity contribution in [3.05, 3.63) is 118 Å². The number of thioether (sulfide) groups is 1. The van der Waals surface area contributed by atoms with E-state index in [-0.39, 0.29) is 35.8 Å². The summed E-state index contributed by atoms with van der Waals surface area (Å²) < 4.78 is 20.6. The maximum atomic E-state index is 13.7. The van der Waals surface area contributed by atoms with Gasteiger partial charge in [0.15, 0.2) is 16.7 Å². The fraction of sp³-hybridized carbons (Fsp3) is 0.167. The molecule has 2 aromatic carbocycles. The standard InChI is InChI=1S/C30H25FN6O3S2/c1-19-6-8-20(9-7-19)24-16-23(26-5-3-15-41-26)35-37(24)28(38)18-42-30-34-33-27(17-32-29(39)25-4-2-14-40-25)36(30)22-12-10-21(31)11-13-22/h2-15,24H,16-18H2,1H3,(H,32,39)/t24-/m1/s1. The molecular weight excluding hydrogens is 576 g/mol. The van der Waals surface area contributed by atoms with E-state index >= 15 is 0 Å². The summed E-state index contributed by atoms with van der Waals surface area (Å²) >= 11 is 2.79. The van der Waals surface area contributed by atoms with Crippen LogP contribution in [-0.2, 0) is 11.3 Å². The molecule has 1 aliphatic rings. The van der Waals surface area contributed by atoms with Crippen molar-refractivity contribution in [2.24, 2.45) is 5.10 Å². The van der Waals surface area contributed by atoms with Crippen molar-refractivity contribution in [2.45, 2.75) is 31.1 Å². The summed E-state index contributed by atoms with van der Waals surface area (Å²) in [5.41, 5.74) is 3.62. The number of hydrazone groups is 1. The number of thiophene rings is 1. The van der Waals surface area contributed by atoms with E-state index in [0.29, 0.717) is 23.1 Å². The Morgan fingerprint density at radius 2 is 1.88 bits per heavy atom. The normalized spacial score (nSPS) is 14.7. The second-order valence-electron chi connectivity index (χ2n) is 9.55. The minimum absolute atomic E-state index is 0.0362. The van der Waals surface area contributed by atoms with Crippen molar-refractivity contribution in [3.63, 3.8) is 0 Å². The molecule has 6 rings (SSSR count). The Morgan fingerprint density at radius 1 is 1.07 bits per heavy atom. The van der Waals surface area contributed by atoms with Crippen LogP contribution in [0.3, 0.4) is 0 Å². The van der Waals surface area contributed by atoms with Gasteiger partial charge in [0.1, 0.15) is 5.82 Å². The van der Waals surface area contributed by atoms with Gasteiger partial charge in [0.25, 0.3) is 11.8 Å². The Balaban J connectivity index is 1.24. The zero-order chi connectivity index (χ0) is 29.1. The molecular formula is C30H25FN6O3S2. The first-order valence-corrected chi connectivity index (χ1v) is 15.0.